The maximum Gasteiger partial charge on any atom is 0.175 e. The van der Waals surface area contributed by atoms with Crippen molar-refractivity contribution in [1.82, 2.24) is 4.90 Å². The fraction of sp³-hybridized carbons (Fsp3) is 0.667. The predicted octanol–water partition coefficient (Wildman–Crippen LogP) is 8.82. The van der Waals surface area contributed by atoms with Gasteiger partial charge in [0, 0.05) is 46.6 Å². The number of fused-ring (bicyclic) bond motifs is 2. The van der Waals surface area contributed by atoms with Crippen LogP contribution in [-0.2, 0) is 19.2 Å². The average Bonchev–Trinajstić information content (AvgIpc) is 3.09. The predicted molar refractivity (Wildman–Crippen MR) is 209 cm³/mol. The lowest BCUT2D eigenvalue weighted by Crippen LogP contribution is -2.52. The van der Waals surface area contributed by atoms with E-state index in [1.165, 1.54) is 0 Å². The molecule has 54 heavy (non-hydrogen) atoms. The molecule has 0 saturated heterocycles. The van der Waals surface area contributed by atoms with Gasteiger partial charge in [0.1, 0.15) is 34.3 Å². The molecule has 0 spiro atoms. The molecule has 9 heteroatoms. The molecule has 2 heterocycles. The fourth-order valence-corrected chi connectivity index (χ4v) is 9.45. The van der Waals surface area contributed by atoms with Crippen molar-refractivity contribution in [1.29, 1.82) is 0 Å². The van der Waals surface area contributed by atoms with Crippen molar-refractivity contribution in [3.05, 3.63) is 39.4 Å². The van der Waals surface area contributed by atoms with Crippen LogP contribution in [0.1, 0.15) is 151 Å². The van der Waals surface area contributed by atoms with E-state index >= 15 is 0 Å². The molecule has 4 aliphatic rings. The summed E-state index contributed by atoms with van der Waals surface area (Å²) in [4.78, 5) is 74.5. The molecule has 0 saturated carbocycles. The van der Waals surface area contributed by atoms with Crippen LogP contribution in [0.2, 0.25) is 0 Å². The molecule has 2 aliphatic heterocycles. The first-order valence-corrected chi connectivity index (χ1v) is 20.0. The van der Waals surface area contributed by atoms with Gasteiger partial charge in [-0.1, -0.05) is 55.4 Å². The molecule has 1 aromatic rings. The van der Waals surface area contributed by atoms with E-state index in [2.05, 4.69) is 18.7 Å². The number of carbonyl (C=O) groups is 5. The first-order valence-electron chi connectivity index (χ1n) is 20.0. The number of ketones is 5. The highest BCUT2D eigenvalue weighted by atomic mass is 16.5. The van der Waals surface area contributed by atoms with Crippen LogP contribution < -0.4 is 14.2 Å². The Morgan fingerprint density at radius 1 is 0.667 bits per heavy atom. The van der Waals surface area contributed by atoms with Crippen molar-refractivity contribution < 1.29 is 38.2 Å². The molecule has 296 valence electrons. The number of rotatable bonds is 11. The molecule has 0 bridgehead atoms. The summed E-state index contributed by atoms with van der Waals surface area (Å²) < 4.78 is 20.8. The SMILES string of the molecule is CCN(CC)CCCOc1c2c(c(C(=O)C(C)C)c3c1[C@@H](C(C)C)C1=C(O3)C(C)(C)C(=O)C(C)(C)C1=O)OC1=C(C(=O)C(C)(C)C(=O)C1(C)C)[C@H]2C(C)C. The summed E-state index contributed by atoms with van der Waals surface area (Å²) in [6.45, 7) is 32.7. The molecular weight excluding hydrogens is 682 g/mol. The Morgan fingerprint density at radius 3 is 1.39 bits per heavy atom. The number of ether oxygens (including phenoxy) is 3. The van der Waals surface area contributed by atoms with Crippen LogP contribution in [0.4, 0.5) is 0 Å². The van der Waals surface area contributed by atoms with Gasteiger partial charge in [-0.2, -0.15) is 0 Å². The second kappa shape index (κ2) is 13.9. The first kappa shape index (κ1) is 41.6. The number of hydrogen-bond acceptors (Lipinski definition) is 9. The van der Waals surface area contributed by atoms with Crippen LogP contribution in [-0.4, -0.2) is 60.1 Å². The molecule has 0 fully saturated rings. The largest absolute Gasteiger partial charge is 0.493 e. The molecule has 1 aromatic carbocycles. The van der Waals surface area contributed by atoms with E-state index in [1.54, 1.807) is 69.2 Å². The molecular formula is C45H63NO8. The number of Topliss-reactive ketones (excluding diaryl/α,β-unsaturated/α-hetero) is 5. The molecule has 0 N–H and O–H groups in total. The summed E-state index contributed by atoms with van der Waals surface area (Å²) in [6, 6.07) is 0. The zero-order valence-corrected chi connectivity index (χ0v) is 35.6. The molecule has 2 aliphatic carbocycles. The summed E-state index contributed by atoms with van der Waals surface area (Å²) in [5, 5.41) is 0. The van der Waals surface area contributed by atoms with Crippen LogP contribution in [0.25, 0.3) is 0 Å². The van der Waals surface area contributed by atoms with Gasteiger partial charge < -0.3 is 19.1 Å². The number of allylic oxidation sites excluding steroid dienone is 4. The number of benzene rings is 1. The minimum Gasteiger partial charge on any atom is -0.493 e. The molecule has 0 amide bonds. The Bertz CT molecular complexity index is 1760. The lowest BCUT2D eigenvalue weighted by molar-refractivity contribution is -0.146. The normalized spacial score (nSPS) is 23.7. The fourth-order valence-electron chi connectivity index (χ4n) is 9.45. The summed E-state index contributed by atoms with van der Waals surface area (Å²) in [7, 11) is 0. The van der Waals surface area contributed by atoms with E-state index in [4.69, 9.17) is 14.2 Å². The van der Waals surface area contributed by atoms with Crippen LogP contribution >= 0.6 is 0 Å². The highest BCUT2D eigenvalue weighted by Gasteiger charge is 2.61. The average molecular weight is 746 g/mol. The molecule has 0 unspecified atom stereocenters. The Labute approximate surface area is 322 Å². The topological polar surface area (TPSA) is 116 Å². The smallest absolute Gasteiger partial charge is 0.175 e. The van der Waals surface area contributed by atoms with Gasteiger partial charge in [0.15, 0.2) is 28.9 Å². The minimum absolute atomic E-state index is 0.181. The van der Waals surface area contributed by atoms with Crippen molar-refractivity contribution in [3.8, 4) is 17.2 Å². The third-order valence-corrected chi connectivity index (χ3v) is 12.5. The lowest BCUT2D eigenvalue weighted by atomic mass is 9.58. The number of carbonyl (C=O) groups excluding carboxylic acids is 5. The molecule has 9 nitrogen and oxygen atoms in total. The van der Waals surface area contributed by atoms with Gasteiger partial charge in [-0.3, -0.25) is 24.0 Å². The highest BCUT2D eigenvalue weighted by molar-refractivity contribution is 6.21. The van der Waals surface area contributed by atoms with Crippen molar-refractivity contribution in [3.63, 3.8) is 0 Å². The van der Waals surface area contributed by atoms with Gasteiger partial charge in [0.25, 0.3) is 0 Å². The molecule has 2 atom stereocenters. The van der Waals surface area contributed by atoms with Gasteiger partial charge in [-0.15, -0.1) is 0 Å². The molecule has 5 rings (SSSR count). The number of nitrogens with zero attached hydrogens (tertiary/aromatic N) is 1. The number of hydrogen-bond donors (Lipinski definition) is 0. The Morgan fingerprint density at radius 2 is 1.06 bits per heavy atom. The Balaban J connectivity index is 1.96. The van der Waals surface area contributed by atoms with Crippen molar-refractivity contribution in [2.45, 2.75) is 129 Å². The van der Waals surface area contributed by atoms with Crippen molar-refractivity contribution >= 4 is 28.9 Å². The van der Waals surface area contributed by atoms with Gasteiger partial charge in [-0.25, -0.2) is 0 Å². The van der Waals surface area contributed by atoms with Crippen LogP contribution in [0.3, 0.4) is 0 Å². The third kappa shape index (κ3) is 5.93. The van der Waals surface area contributed by atoms with Crippen LogP contribution in [0.15, 0.2) is 22.7 Å². The molecule has 0 aromatic heterocycles. The van der Waals surface area contributed by atoms with E-state index < -0.39 is 39.4 Å². The van der Waals surface area contributed by atoms with Gasteiger partial charge in [-0.05, 0) is 86.7 Å². The van der Waals surface area contributed by atoms with Crippen molar-refractivity contribution in [2.24, 2.45) is 39.4 Å². The zero-order valence-electron chi connectivity index (χ0n) is 35.6. The van der Waals surface area contributed by atoms with Gasteiger partial charge in [0.2, 0.25) is 0 Å². The van der Waals surface area contributed by atoms with E-state index in [-0.39, 0.29) is 69.3 Å². The highest BCUT2D eigenvalue weighted by Crippen LogP contribution is 2.64. The minimum atomic E-state index is -1.31. The standard InChI is InChI=1S/C45H63NO8/c1-17-46(18-2)20-19-21-52-33-27-25(22(3)4)29-36(48)42(9,10)40(50)44(13,14)38(29)53-34(27)31(32(47)24(7)8)35-28(33)26(23(5)6)30-37(49)43(11,12)41(51)45(15,16)39(30)54-35/h22-26H,17-21H2,1-16H3/t25-,26+. The van der Waals surface area contributed by atoms with Gasteiger partial charge >= 0.3 is 0 Å². The second-order valence-electron chi connectivity index (χ2n) is 18.9. The summed E-state index contributed by atoms with van der Waals surface area (Å²) in [6.07, 6.45) is 0.696. The van der Waals surface area contributed by atoms with Gasteiger partial charge in [0.05, 0.1) is 28.3 Å². The van der Waals surface area contributed by atoms with E-state index in [0.717, 1.165) is 19.6 Å². The van der Waals surface area contributed by atoms with E-state index in [9.17, 15) is 24.0 Å². The summed E-state index contributed by atoms with van der Waals surface area (Å²) in [5.41, 5.74) is -2.85. The molecule has 0 radical (unpaired) electrons. The van der Waals surface area contributed by atoms with E-state index in [0.29, 0.717) is 41.1 Å². The quantitative estimate of drug-likeness (QED) is 0.124. The second-order valence-corrected chi connectivity index (χ2v) is 18.9. The monoisotopic (exact) mass is 745 g/mol. The maximum atomic E-state index is 14.8. The third-order valence-electron chi connectivity index (χ3n) is 12.5. The lowest BCUT2D eigenvalue weighted by Gasteiger charge is -2.48. The maximum absolute atomic E-state index is 14.8. The summed E-state index contributed by atoms with van der Waals surface area (Å²) in [5.74, 6) is -2.13. The van der Waals surface area contributed by atoms with Crippen molar-refractivity contribution in [2.75, 3.05) is 26.2 Å². The Kier molecular flexibility index (Phi) is 10.7. The van der Waals surface area contributed by atoms with E-state index in [1.807, 2.05) is 27.7 Å². The van der Waals surface area contributed by atoms with Crippen LogP contribution in [0, 0.1) is 39.4 Å². The first-order chi connectivity index (χ1) is 24.8. The zero-order chi connectivity index (χ0) is 40.8. The summed E-state index contributed by atoms with van der Waals surface area (Å²) >= 11 is 0. The van der Waals surface area contributed by atoms with Crippen LogP contribution in [0.5, 0.6) is 17.2 Å². The Hall–Kier alpha value is -3.59.